The molecule has 3 unspecified atom stereocenters. The molecule has 0 spiro atoms. The zero-order chi connectivity index (χ0) is 67.4. The van der Waals surface area contributed by atoms with E-state index in [4.69, 9.17) is 16.6 Å². The first kappa shape index (κ1) is 69.2. The quantitative estimate of drug-likeness (QED) is 0.0875. The van der Waals surface area contributed by atoms with E-state index in [0.717, 1.165) is 58.9 Å². The molecule has 8 aliphatic rings. The molecule has 516 valence electrons. The number of alkyl halides is 6. The summed E-state index contributed by atoms with van der Waals surface area (Å²) in [5.74, 6) is 13.6. The van der Waals surface area contributed by atoms with E-state index in [0.29, 0.717) is 108 Å². The van der Waals surface area contributed by atoms with Crippen LogP contribution in [0.5, 0.6) is 0 Å². The van der Waals surface area contributed by atoms with Gasteiger partial charge in [0.2, 0.25) is 29.2 Å². The summed E-state index contributed by atoms with van der Waals surface area (Å²) in [7, 11) is -6.22. The topological polar surface area (TPSA) is 200 Å². The Morgan fingerprint density at radius 1 is 0.484 bits per heavy atom. The summed E-state index contributed by atoms with van der Waals surface area (Å²) < 4.78 is 137. The highest BCUT2D eigenvalue weighted by atomic mass is 35.5. The van der Waals surface area contributed by atoms with Gasteiger partial charge < -0.3 is 38.4 Å². The fraction of sp³-hybridized carbons (Fsp3) is 0.556. The Kier molecular flexibility index (Phi) is 20.3. The number of thiophene rings is 3. The van der Waals surface area contributed by atoms with Gasteiger partial charge in [-0.05, 0) is 153 Å². The van der Waals surface area contributed by atoms with Crippen LogP contribution in [0.15, 0.2) is 70.0 Å². The van der Waals surface area contributed by atoms with Crippen LogP contribution in [0.2, 0.25) is 4.34 Å². The Bertz CT molecular complexity index is 3880. The maximum absolute atomic E-state index is 13.7. The second-order valence-electron chi connectivity index (χ2n) is 25.9. The number of hydrogen-bond donors (Lipinski definition) is 0. The molecule has 0 N–H and O–H groups in total. The highest BCUT2D eigenvalue weighted by Gasteiger charge is 2.44. The minimum atomic E-state index is -4.65. The van der Waals surface area contributed by atoms with Crippen LogP contribution in [-0.2, 0) is 55.3 Å². The summed E-state index contributed by atoms with van der Waals surface area (Å²) in [5.41, 5.74) is 1.11. The summed E-state index contributed by atoms with van der Waals surface area (Å²) in [6.45, 7) is 3.77. The number of hydrogen-bond acceptors (Lipinski definition) is 18. The number of nitrogens with zero attached hydrogens (tertiary/aromatic N) is 10. The molecule has 32 heteroatoms. The third-order valence-electron chi connectivity index (χ3n) is 19.0. The van der Waals surface area contributed by atoms with Crippen molar-refractivity contribution in [1.82, 2.24) is 35.0 Å². The third kappa shape index (κ3) is 16.7. The van der Waals surface area contributed by atoms with E-state index in [-0.39, 0.29) is 85.4 Å². The van der Waals surface area contributed by atoms with Crippen LogP contribution >= 0.6 is 45.6 Å². The molecule has 0 bridgehead atoms. The molecule has 2 saturated carbocycles. The Morgan fingerprint density at radius 2 is 0.863 bits per heavy atom. The average molecular weight is 1460 g/mol. The molecule has 6 aromatic rings. The molecule has 2 aliphatic carbocycles. The van der Waals surface area contributed by atoms with Crippen molar-refractivity contribution in [3.05, 3.63) is 107 Å². The lowest BCUT2D eigenvalue weighted by atomic mass is 9.98. The minimum absolute atomic E-state index is 0.0240. The highest BCUT2D eigenvalue weighted by Crippen LogP contribution is 2.47. The fourth-order valence-electron chi connectivity index (χ4n) is 13.2. The van der Waals surface area contributed by atoms with Gasteiger partial charge in [0.25, 0.3) is 0 Å². The molecule has 3 amide bonds. The molecule has 18 nitrogen and oxygen atoms in total. The van der Waals surface area contributed by atoms with Gasteiger partial charge in [-0.25, -0.2) is 4.98 Å². The van der Waals surface area contributed by atoms with E-state index in [1.165, 1.54) is 52.8 Å². The van der Waals surface area contributed by atoms with Gasteiger partial charge in [0.15, 0.2) is 16.8 Å². The zero-order valence-corrected chi connectivity index (χ0v) is 57.6. The van der Waals surface area contributed by atoms with Crippen molar-refractivity contribution in [3.63, 3.8) is 0 Å². The Balaban J connectivity index is 0.000000137. The van der Waals surface area contributed by atoms with Crippen LogP contribution in [0.4, 0.5) is 48.2 Å². The molecule has 3 atom stereocenters. The van der Waals surface area contributed by atoms with Crippen molar-refractivity contribution in [2.45, 2.75) is 107 Å². The zero-order valence-electron chi connectivity index (χ0n) is 51.9. The van der Waals surface area contributed by atoms with E-state index in [1.54, 1.807) is 31.7 Å². The second kappa shape index (κ2) is 27.9. The van der Waals surface area contributed by atoms with Gasteiger partial charge in [0, 0.05) is 149 Å². The summed E-state index contributed by atoms with van der Waals surface area (Å²) in [6.07, 6.45) is 3.01. The number of aromatic nitrogens is 4. The van der Waals surface area contributed by atoms with Crippen LogP contribution in [0.1, 0.15) is 131 Å². The van der Waals surface area contributed by atoms with Crippen LogP contribution in [-0.4, -0.2) is 176 Å². The number of piperazine rings is 3. The van der Waals surface area contributed by atoms with Crippen molar-refractivity contribution in [2.24, 2.45) is 17.8 Å². The van der Waals surface area contributed by atoms with Crippen molar-refractivity contribution in [1.29, 1.82) is 0 Å². The standard InChI is InChI=1S/C25H32N4O2S2.C19H21ClF3N3O3S2.C19H21F4N3O3S2/c1-33(31)12-8-19(9-13-33)25(30)29-11-10-28(24-15-26-20(14-27-24)17-2-3-17)16-21(29)23-7-6-22(32-23)18-4-5-18;2*1-31(28)8-4-12(5-9-31)18(27)26-7-6-25(11-13(26)14-2-3-16(20)30-14)17-10-15(29-24-17)19(21,22)23/h6-7,14-15,17-19,21H,1-5,8-13,16H2;2*2-3,10,12-13H,1,4-9,11H2. The molecular weight excluding hydrogens is 1390 g/mol. The van der Waals surface area contributed by atoms with Gasteiger partial charge in [-0.15, -0.1) is 34.0 Å². The summed E-state index contributed by atoms with van der Waals surface area (Å²) >= 11 is 10.2. The third-order valence-corrected chi connectivity index (χ3v) is 28.6. The predicted molar refractivity (Wildman–Crippen MR) is 360 cm³/mol. The number of carbonyl (C=O) groups is 3. The van der Waals surface area contributed by atoms with E-state index in [1.807, 2.05) is 29.8 Å². The first-order chi connectivity index (χ1) is 45.0. The molecule has 8 fully saturated rings. The van der Waals surface area contributed by atoms with Gasteiger partial charge in [0.1, 0.15) is 5.82 Å². The Morgan fingerprint density at radius 3 is 1.21 bits per heavy atom. The fourth-order valence-corrected chi connectivity index (χ4v) is 21.3. The van der Waals surface area contributed by atoms with E-state index in [2.05, 4.69) is 63.9 Å². The SMILES string of the molecule is C=S1(=O)CCC(C(=O)N2CCN(c3cc(C(F)(F)F)on3)CC2c2ccc(Cl)s2)CC1.C=S1(=O)CCC(C(=O)N2CCN(c3cc(C(F)(F)F)on3)CC2c2ccc(F)s2)CC1.C=S1(=O)CCC(C(=O)N2CCN(c3cnc(C4CC4)cn3)CC2c2ccc(C3CC3)s2)CC1. The predicted octanol–water partition coefficient (Wildman–Crippen LogP) is 11.1. The minimum Gasteiger partial charge on any atom is -0.351 e. The van der Waals surface area contributed by atoms with Gasteiger partial charge in [-0.1, -0.05) is 21.9 Å². The first-order valence-corrected chi connectivity index (χ1v) is 40.7. The summed E-state index contributed by atoms with van der Waals surface area (Å²) in [4.78, 5) is 64.9. The van der Waals surface area contributed by atoms with Gasteiger partial charge in [-0.2, -0.15) is 30.7 Å². The average Bonchev–Trinajstić information content (AvgIpc) is 1.78. The summed E-state index contributed by atoms with van der Waals surface area (Å²) in [6, 6.07) is 11.8. The lowest BCUT2D eigenvalue weighted by molar-refractivity contribution is -0.156. The van der Waals surface area contributed by atoms with Crippen LogP contribution < -0.4 is 14.7 Å². The van der Waals surface area contributed by atoms with Crippen LogP contribution in [0, 0.1) is 22.9 Å². The number of carbonyl (C=O) groups excluding carboxylic acids is 3. The molecule has 6 aromatic heterocycles. The van der Waals surface area contributed by atoms with E-state index >= 15 is 0 Å². The van der Waals surface area contributed by atoms with E-state index < -0.39 is 63.6 Å². The molecule has 12 heterocycles. The Hall–Kier alpha value is -5.73. The van der Waals surface area contributed by atoms with Crippen molar-refractivity contribution >= 4 is 127 Å². The molecule has 0 radical (unpaired) electrons. The maximum atomic E-state index is 13.7. The maximum Gasteiger partial charge on any atom is 0.452 e. The normalized spacial score (nSPS) is 28.5. The first-order valence-electron chi connectivity index (χ1n) is 31.7. The smallest absolute Gasteiger partial charge is 0.351 e. The lowest BCUT2D eigenvalue weighted by Gasteiger charge is -2.43. The molecule has 95 heavy (non-hydrogen) atoms. The van der Waals surface area contributed by atoms with Crippen molar-refractivity contribution in [3.8, 4) is 0 Å². The monoisotopic (exact) mass is 1460 g/mol. The van der Waals surface area contributed by atoms with E-state index in [9.17, 15) is 57.7 Å². The molecule has 0 aromatic carbocycles. The number of rotatable bonds is 11. The molecular formula is C63H74ClF7N10O8S6. The van der Waals surface area contributed by atoms with Gasteiger partial charge in [0.05, 0.1) is 40.5 Å². The second-order valence-corrected chi connectivity index (χ2v) is 38.1. The van der Waals surface area contributed by atoms with Crippen molar-refractivity contribution in [2.75, 3.05) is 108 Å². The molecule has 14 rings (SSSR count). The number of amides is 3. The lowest BCUT2D eigenvalue weighted by Crippen LogP contribution is -2.53. The number of halogens is 8. The molecule has 6 aliphatic heterocycles. The number of anilines is 3. The molecule has 6 saturated heterocycles. The summed E-state index contributed by atoms with van der Waals surface area (Å²) in [5, 5.41) is 6.71. The van der Waals surface area contributed by atoms with Gasteiger partial charge in [-0.3, -0.25) is 32.0 Å². The Labute approximate surface area is 564 Å². The largest absolute Gasteiger partial charge is 0.452 e. The van der Waals surface area contributed by atoms with Crippen LogP contribution in [0.3, 0.4) is 0 Å². The highest BCUT2D eigenvalue weighted by molar-refractivity contribution is 8.00. The van der Waals surface area contributed by atoms with Crippen LogP contribution in [0.25, 0.3) is 0 Å². The van der Waals surface area contributed by atoms with Gasteiger partial charge >= 0.3 is 12.4 Å². The van der Waals surface area contributed by atoms with Crippen molar-refractivity contribution < 1.29 is 66.8 Å².